The third kappa shape index (κ3) is 4.35. The number of halogens is 1. The van der Waals surface area contributed by atoms with E-state index < -0.39 is 0 Å². The number of anilines is 1. The van der Waals surface area contributed by atoms with Crippen molar-refractivity contribution >= 4 is 11.6 Å². The number of aromatic nitrogens is 3. The number of carbonyl (C=O) groups is 1. The summed E-state index contributed by atoms with van der Waals surface area (Å²) in [4.78, 5) is 11.9. The summed E-state index contributed by atoms with van der Waals surface area (Å²) in [5.41, 5.74) is 2.04. The van der Waals surface area contributed by atoms with Gasteiger partial charge in [-0.1, -0.05) is 18.2 Å². The minimum atomic E-state index is -0.385. The number of aryl methyl sites for hydroxylation is 1. The Morgan fingerprint density at radius 3 is 3.00 bits per heavy atom. The number of amides is 1. The molecule has 1 heterocycles. The van der Waals surface area contributed by atoms with E-state index in [4.69, 9.17) is 0 Å². The molecule has 0 aliphatic rings. The van der Waals surface area contributed by atoms with Crippen molar-refractivity contribution in [1.82, 2.24) is 20.3 Å². The first kappa shape index (κ1) is 15.1. The van der Waals surface area contributed by atoms with E-state index in [0.717, 1.165) is 17.8 Å². The summed E-state index contributed by atoms with van der Waals surface area (Å²) in [6.45, 7) is 5.29. The predicted octanol–water partition coefficient (Wildman–Crippen LogP) is 1.47. The fourth-order valence-corrected chi connectivity index (χ4v) is 1.82. The maximum Gasteiger partial charge on any atom is 0.246 e. The maximum atomic E-state index is 13.2. The van der Waals surface area contributed by atoms with Crippen LogP contribution in [0.1, 0.15) is 18.2 Å². The Morgan fingerprint density at radius 2 is 2.24 bits per heavy atom. The van der Waals surface area contributed by atoms with Gasteiger partial charge in [0, 0.05) is 12.2 Å². The van der Waals surface area contributed by atoms with Gasteiger partial charge in [-0.3, -0.25) is 4.79 Å². The molecule has 0 atom stereocenters. The third-order valence-electron chi connectivity index (χ3n) is 2.92. The van der Waals surface area contributed by atoms with Crippen molar-refractivity contribution < 1.29 is 9.18 Å². The van der Waals surface area contributed by atoms with Gasteiger partial charge in [0.25, 0.3) is 0 Å². The van der Waals surface area contributed by atoms with Gasteiger partial charge in [-0.2, -0.15) is 0 Å². The number of nitrogens with zero attached hydrogens (tertiary/aromatic N) is 3. The summed E-state index contributed by atoms with van der Waals surface area (Å²) in [7, 11) is 0. The smallest absolute Gasteiger partial charge is 0.246 e. The average Bonchev–Trinajstić information content (AvgIpc) is 2.88. The molecular formula is C14H18FN5O. The molecule has 0 saturated heterocycles. The molecule has 1 aromatic heterocycles. The first-order chi connectivity index (χ1) is 10.1. The summed E-state index contributed by atoms with van der Waals surface area (Å²) in [5, 5.41) is 13.6. The zero-order valence-electron chi connectivity index (χ0n) is 12.1. The molecule has 0 spiro atoms. The van der Waals surface area contributed by atoms with E-state index in [2.05, 4.69) is 20.9 Å². The molecule has 0 fully saturated rings. The van der Waals surface area contributed by atoms with Crippen LogP contribution in [-0.4, -0.2) is 27.4 Å². The lowest BCUT2D eigenvalue weighted by atomic mass is 10.2. The zero-order valence-corrected chi connectivity index (χ0v) is 12.1. The molecule has 0 bridgehead atoms. The van der Waals surface area contributed by atoms with Gasteiger partial charge in [0.1, 0.15) is 12.4 Å². The molecule has 2 N–H and O–H groups in total. The second-order valence-electron chi connectivity index (χ2n) is 4.70. The van der Waals surface area contributed by atoms with Crippen molar-refractivity contribution in [1.29, 1.82) is 0 Å². The van der Waals surface area contributed by atoms with Crippen LogP contribution >= 0.6 is 0 Å². The lowest BCUT2D eigenvalue weighted by molar-refractivity contribution is -0.116. The summed E-state index contributed by atoms with van der Waals surface area (Å²) in [5.74, 6) is -0.659. The van der Waals surface area contributed by atoms with Crippen molar-refractivity contribution in [3.8, 4) is 0 Å². The summed E-state index contributed by atoms with van der Waals surface area (Å²) in [6, 6.07) is 4.27. The largest absolute Gasteiger partial charge is 0.324 e. The molecular weight excluding hydrogens is 273 g/mol. The van der Waals surface area contributed by atoms with Gasteiger partial charge < -0.3 is 10.6 Å². The second kappa shape index (κ2) is 6.94. The fourth-order valence-electron chi connectivity index (χ4n) is 1.82. The van der Waals surface area contributed by atoms with Crippen LogP contribution in [0.2, 0.25) is 0 Å². The highest BCUT2D eigenvalue weighted by molar-refractivity contribution is 5.91. The van der Waals surface area contributed by atoms with Crippen molar-refractivity contribution in [2.75, 3.05) is 11.9 Å². The Hall–Kier alpha value is -2.28. The molecule has 21 heavy (non-hydrogen) atoms. The lowest BCUT2D eigenvalue weighted by Gasteiger charge is -2.08. The van der Waals surface area contributed by atoms with Gasteiger partial charge in [-0.05, 0) is 31.2 Å². The van der Waals surface area contributed by atoms with E-state index in [1.807, 2.05) is 6.92 Å². The van der Waals surface area contributed by atoms with Crippen LogP contribution in [0.15, 0.2) is 24.4 Å². The topological polar surface area (TPSA) is 71.8 Å². The minimum absolute atomic E-state index is 0.0368. The molecule has 112 valence electrons. The molecule has 0 unspecified atom stereocenters. The van der Waals surface area contributed by atoms with Crippen LogP contribution in [-0.2, 0) is 17.9 Å². The molecule has 0 aliphatic heterocycles. The SMILES string of the molecule is CCNCc1cn(CC(=O)Nc2cc(F)ccc2C)nn1. The summed E-state index contributed by atoms with van der Waals surface area (Å²) < 4.78 is 14.6. The van der Waals surface area contributed by atoms with E-state index in [0.29, 0.717) is 12.2 Å². The first-order valence-electron chi connectivity index (χ1n) is 6.74. The molecule has 1 aromatic carbocycles. The molecule has 0 aliphatic carbocycles. The predicted molar refractivity (Wildman–Crippen MR) is 77.2 cm³/mol. The van der Waals surface area contributed by atoms with E-state index >= 15 is 0 Å². The van der Waals surface area contributed by atoms with Crippen LogP contribution in [0.5, 0.6) is 0 Å². The molecule has 0 saturated carbocycles. The number of hydrogen-bond donors (Lipinski definition) is 2. The Bertz CT molecular complexity index is 626. The fraction of sp³-hybridized carbons (Fsp3) is 0.357. The van der Waals surface area contributed by atoms with E-state index in [9.17, 15) is 9.18 Å². The van der Waals surface area contributed by atoms with E-state index in [1.54, 1.807) is 19.2 Å². The van der Waals surface area contributed by atoms with Crippen molar-refractivity contribution in [3.05, 3.63) is 41.5 Å². The molecule has 6 nitrogen and oxygen atoms in total. The van der Waals surface area contributed by atoms with Crippen LogP contribution in [0.25, 0.3) is 0 Å². The van der Waals surface area contributed by atoms with E-state index in [-0.39, 0.29) is 18.3 Å². The minimum Gasteiger partial charge on any atom is -0.324 e. The van der Waals surface area contributed by atoms with Gasteiger partial charge in [0.2, 0.25) is 5.91 Å². The van der Waals surface area contributed by atoms with Crippen molar-refractivity contribution in [3.63, 3.8) is 0 Å². The molecule has 7 heteroatoms. The number of carbonyl (C=O) groups excluding carboxylic acids is 1. The standard InChI is InChI=1S/C14H18FN5O/c1-3-16-7-12-8-20(19-18-12)9-14(21)17-13-6-11(15)5-4-10(13)2/h4-6,8,16H,3,7,9H2,1-2H3,(H,17,21). The van der Waals surface area contributed by atoms with Crippen LogP contribution < -0.4 is 10.6 Å². The van der Waals surface area contributed by atoms with Crippen LogP contribution in [0.3, 0.4) is 0 Å². The normalized spacial score (nSPS) is 10.6. The number of hydrogen-bond acceptors (Lipinski definition) is 4. The Kier molecular flexibility index (Phi) is 4.99. The lowest BCUT2D eigenvalue weighted by Crippen LogP contribution is -2.19. The zero-order chi connectivity index (χ0) is 15.2. The van der Waals surface area contributed by atoms with Crippen LogP contribution in [0.4, 0.5) is 10.1 Å². The molecule has 0 radical (unpaired) electrons. The van der Waals surface area contributed by atoms with Gasteiger partial charge in [0.15, 0.2) is 0 Å². The first-order valence-corrected chi connectivity index (χ1v) is 6.74. The molecule has 2 aromatic rings. The second-order valence-corrected chi connectivity index (χ2v) is 4.70. The maximum absolute atomic E-state index is 13.2. The monoisotopic (exact) mass is 291 g/mol. The number of benzene rings is 1. The van der Waals surface area contributed by atoms with Crippen molar-refractivity contribution in [2.24, 2.45) is 0 Å². The summed E-state index contributed by atoms with van der Waals surface area (Å²) >= 11 is 0. The highest BCUT2D eigenvalue weighted by atomic mass is 19.1. The molecule has 1 amide bonds. The number of nitrogens with one attached hydrogen (secondary N) is 2. The highest BCUT2D eigenvalue weighted by Gasteiger charge is 2.08. The Morgan fingerprint density at radius 1 is 1.43 bits per heavy atom. The van der Waals surface area contributed by atoms with Gasteiger partial charge in [0.05, 0.1) is 11.9 Å². The Labute approximate surface area is 122 Å². The molecule has 2 rings (SSSR count). The highest BCUT2D eigenvalue weighted by Crippen LogP contribution is 2.15. The number of rotatable bonds is 6. The van der Waals surface area contributed by atoms with Gasteiger partial charge >= 0.3 is 0 Å². The van der Waals surface area contributed by atoms with Crippen molar-refractivity contribution in [2.45, 2.75) is 26.9 Å². The van der Waals surface area contributed by atoms with Crippen LogP contribution in [0, 0.1) is 12.7 Å². The Balaban J connectivity index is 1.95. The third-order valence-corrected chi connectivity index (χ3v) is 2.92. The summed E-state index contributed by atoms with van der Waals surface area (Å²) in [6.07, 6.45) is 1.71. The quantitative estimate of drug-likeness (QED) is 0.845. The van der Waals surface area contributed by atoms with E-state index in [1.165, 1.54) is 16.8 Å². The van der Waals surface area contributed by atoms with Gasteiger partial charge in [-0.15, -0.1) is 5.10 Å². The average molecular weight is 291 g/mol. The van der Waals surface area contributed by atoms with Gasteiger partial charge in [-0.25, -0.2) is 9.07 Å².